The molecule has 0 atom stereocenters. The highest BCUT2D eigenvalue weighted by atomic mass is 35.5. The molecule has 0 spiro atoms. The molecule has 1 N–H and O–H groups in total. The topological polar surface area (TPSA) is 69.7 Å². The van der Waals surface area contributed by atoms with Crippen molar-refractivity contribution in [2.24, 2.45) is 0 Å². The van der Waals surface area contributed by atoms with Gasteiger partial charge in [0.15, 0.2) is 0 Å². The van der Waals surface area contributed by atoms with Gasteiger partial charge in [-0.15, -0.1) is 0 Å². The highest BCUT2D eigenvalue weighted by Gasteiger charge is 2.31. The quantitative estimate of drug-likeness (QED) is 0.651. The van der Waals surface area contributed by atoms with Crippen LogP contribution in [0.1, 0.15) is 30.1 Å². The lowest BCUT2D eigenvalue weighted by molar-refractivity contribution is 0.0953. The van der Waals surface area contributed by atoms with E-state index in [9.17, 15) is 17.6 Å². The number of halogens is 2. The first kappa shape index (κ1) is 22.5. The summed E-state index contributed by atoms with van der Waals surface area (Å²) in [5.74, 6) is -0.633. The number of carbonyl (C=O) groups excluding carboxylic acids is 1. The third kappa shape index (κ3) is 5.11. The summed E-state index contributed by atoms with van der Waals surface area (Å²) in [6.07, 6.45) is 1.80. The van der Waals surface area contributed by atoms with Gasteiger partial charge in [-0.05, 0) is 48.9 Å². The number of rotatable bonds is 7. The molecule has 0 saturated carbocycles. The summed E-state index contributed by atoms with van der Waals surface area (Å²) in [7, 11) is -3.85. The molecule has 0 bridgehead atoms. The molecule has 162 valence electrons. The van der Waals surface area contributed by atoms with Crippen molar-refractivity contribution in [3.05, 3.63) is 58.9 Å². The molecule has 1 fully saturated rings. The smallest absolute Gasteiger partial charge is 0.251 e. The monoisotopic (exact) mass is 453 g/mol. The highest BCUT2D eigenvalue weighted by molar-refractivity contribution is 7.89. The van der Waals surface area contributed by atoms with Crippen molar-refractivity contribution in [2.45, 2.75) is 24.7 Å². The Bertz CT molecular complexity index is 991. The third-order valence-corrected chi connectivity index (χ3v) is 7.44. The van der Waals surface area contributed by atoms with Crippen molar-refractivity contribution in [1.29, 1.82) is 0 Å². The molecular weight excluding hydrogens is 429 g/mol. The Morgan fingerprint density at radius 2 is 1.77 bits per heavy atom. The summed E-state index contributed by atoms with van der Waals surface area (Å²) in [5, 5.41) is 2.87. The fourth-order valence-electron chi connectivity index (χ4n) is 3.30. The number of amides is 1. The molecule has 1 aliphatic rings. The summed E-state index contributed by atoms with van der Waals surface area (Å²) in [6, 6.07) is 10.4. The highest BCUT2D eigenvalue weighted by Crippen LogP contribution is 2.27. The minimum Gasteiger partial charge on any atom is -0.369 e. The molecule has 1 heterocycles. The standard InChI is InChI=1S/C21H25ClFN3O3S/c1-2-3-10-24-21(27)16-4-9-19(22)20(15-16)30(28,29)26-13-11-25(12-14-26)18-7-5-17(23)6-8-18/h4-9,15H,2-3,10-14H2,1H3,(H,24,27). The van der Waals surface area contributed by atoms with E-state index in [0.29, 0.717) is 19.6 Å². The van der Waals surface area contributed by atoms with Gasteiger partial charge in [0.1, 0.15) is 10.7 Å². The van der Waals surface area contributed by atoms with Crippen molar-refractivity contribution in [3.63, 3.8) is 0 Å². The fraction of sp³-hybridized carbons (Fsp3) is 0.381. The number of piperazine rings is 1. The van der Waals surface area contributed by atoms with Gasteiger partial charge in [0.25, 0.3) is 5.91 Å². The van der Waals surface area contributed by atoms with E-state index in [1.54, 1.807) is 12.1 Å². The van der Waals surface area contributed by atoms with Crippen LogP contribution in [0, 0.1) is 5.82 Å². The molecule has 6 nitrogen and oxygen atoms in total. The number of hydrogen-bond donors (Lipinski definition) is 1. The lowest BCUT2D eigenvalue weighted by Gasteiger charge is -2.35. The summed E-state index contributed by atoms with van der Waals surface area (Å²) < 4.78 is 40.8. The Balaban J connectivity index is 1.73. The SMILES string of the molecule is CCCCNC(=O)c1ccc(Cl)c(S(=O)(=O)N2CCN(c3ccc(F)cc3)CC2)c1. The maximum absolute atomic E-state index is 13.2. The Morgan fingerprint density at radius 3 is 2.40 bits per heavy atom. The predicted octanol–water partition coefficient (Wildman–Crippen LogP) is 3.52. The first-order valence-corrected chi connectivity index (χ1v) is 11.7. The predicted molar refractivity (Wildman–Crippen MR) is 116 cm³/mol. The van der Waals surface area contributed by atoms with E-state index in [-0.39, 0.29) is 40.3 Å². The lowest BCUT2D eigenvalue weighted by atomic mass is 10.2. The minimum atomic E-state index is -3.85. The van der Waals surface area contributed by atoms with Crippen molar-refractivity contribution in [3.8, 4) is 0 Å². The van der Waals surface area contributed by atoms with E-state index >= 15 is 0 Å². The average Bonchev–Trinajstić information content (AvgIpc) is 2.74. The molecule has 0 unspecified atom stereocenters. The van der Waals surface area contributed by atoms with E-state index in [0.717, 1.165) is 18.5 Å². The van der Waals surface area contributed by atoms with Crippen LogP contribution >= 0.6 is 11.6 Å². The summed E-state index contributed by atoms with van der Waals surface area (Å²) in [5.41, 5.74) is 1.11. The van der Waals surface area contributed by atoms with Gasteiger partial charge in [0.2, 0.25) is 10.0 Å². The van der Waals surface area contributed by atoms with Crippen molar-refractivity contribution in [1.82, 2.24) is 9.62 Å². The van der Waals surface area contributed by atoms with Crippen molar-refractivity contribution < 1.29 is 17.6 Å². The average molecular weight is 454 g/mol. The van der Waals surface area contributed by atoms with Gasteiger partial charge in [0.05, 0.1) is 5.02 Å². The largest absolute Gasteiger partial charge is 0.369 e. The summed E-state index contributed by atoms with van der Waals surface area (Å²) >= 11 is 6.19. The second kappa shape index (κ2) is 9.76. The normalized spacial score (nSPS) is 15.2. The van der Waals surface area contributed by atoms with Gasteiger partial charge >= 0.3 is 0 Å². The summed E-state index contributed by atoms with van der Waals surface area (Å²) in [6.45, 7) is 4.03. The molecule has 0 aromatic heterocycles. The van der Waals surface area contributed by atoms with Crippen LogP contribution in [-0.2, 0) is 10.0 Å². The van der Waals surface area contributed by atoms with E-state index in [1.165, 1.54) is 34.6 Å². The molecule has 1 saturated heterocycles. The van der Waals surface area contributed by atoms with Gasteiger partial charge in [-0.1, -0.05) is 24.9 Å². The number of carbonyl (C=O) groups is 1. The third-order valence-electron chi connectivity index (χ3n) is 5.06. The van der Waals surface area contributed by atoms with Crippen LogP contribution in [0.15, 0.2) is 47.4 Å². The maximum Gasteiger partial charge on any atom is 0.251 e. The molecule has 2 aromatic rings. The van der Waals surface area contributed by atoms with Crippen LogP contribution in [0.25, 0.3) is 0 Å². The molecule has 0 radical (unpaired) electrons. The number of unbranched alkanes of at least 4 members (excludes halogenated alkanes) is 1. The Hall–Kier alpha value is -2.16. The number of nitrogens with one attached hydrogen (secondary N) is 1. The maximum atomic E-state index is 13.2. The van der Waals surface area contributed by atoms with Crippen LogP contribution in [0.3, 0.4) is 0 Å². The van der Waals surface area contributed by atoms with Crippen LogP contribution in [0.5, 0.6) is 0 Å². The van der Waals surface area contributed by atoms with E-state index < -0.39 is 10.0 Å². The Morgan fingerprint density at radius 1 is 1.10 bits per heavy atom. The van der Waals surface area contributed by atoms with Crippen molar-refractivity contribution >= 4 is 33.2 Å². The fourth-order valence-corrected chi connectivity index (χ4v) is 5.22. The zero-order valence-electron chi connectivity index (χ0n) is 16.8. The molecule has 9 heteroatoms. The molecule has 30 heavy (non-hydrogen) atoms. The number of benzene rings is 2. The number of hydrogen-bond acceptors (Lipinski definition) is 4. The first-order chi connectivity index (χ1) is 14.3. The van der Waals surface area contributed by atoms with Gasteiger partial charge in [0, 0.05) is 44.0 Å². The molecule has 1 aliphatic heterocycles. The summed E-state index contributed by atoms with van der Waals surface area (Å²) in [4.78, 5) is 14.3. The van der Waals surface area contributed by atoms with E-state index in [1.807, 2.05) is 11.8 Å². The van der Waals surface area contributed by atoms with Crippen molar-refractivity contribution in [2.75, 3.05) is 37.6 Å². The second-order valence-corrected chi connectivity index (χ2v) is 9.44. The number of nitrogens with zero attached hydrogens (tertiary/aromatic N) is 2. The number of anilines is 1. The molecule has 1 amide bonds. The van der Waals surface area contributed by atoms with E-state index in [2.05, 4.69) is 5.32 Å². The zero-order chi connectivity index (χ0) is 21.7. The molecule has 2 aromatic carbocycles. The zero-order valence-corrected chi connectivity index (χ0v) is 18.3. The molecular formula is C21H25ClFN3O3S. The van der Waals surface area contributed by atoms with Gasteiger partial charge < -0.3 is 10.2 Å². The van der Waals surface area contributed by atoms with Gasteiger partial charge in [-0.2, -0.15) is 4.31 Å². The van der Waals surface area contributed by atoms with E-state index in [4.69, 9.17) is 11.6 Å². The van der Waals surface area contributed by atoms with Crippen LogP contribution in [-0.4, -0.2) is 51.4 Å². The Kier molecular flexibility index (Phi) is 7.33. The van der Waals surface area contributed by atoms with Gasteiger partial charge in [-0.25, -0.2) is 12.8 Å². The molecule has 3 rings (SSSR count). The Labute approximate surface area is 181 Å². The first-order valence-electron chi connectivity index (χ1n) is 9.91. The molecule has 0 aliphatic carbocycles. The number of sulfonamides is 1. The van der Waals surface area contributed by atoms with Crippen LogP contribution in [0.4, 0.5) is 10.1 Å². The lowest BCUT2D eigenvalue weighted by Crippen LogP contribution is -2.48. The minimum absolute atomic E-state index is 0.0671. The van der Waals surface area contributed by atoms with Crippen LogP contribution in [0.2, 0.25) is 5.02 Å². The van der Waals surface area contributed by atoms with Gasteiger partial charge in [-0.3, -0.25) is 4.79 Å². The second-order valence-electron chi connectivity index (χ2n) is 7.12. The van der Waals surface area contributed by atoms with Crippen LogP contribution < -0.4 is 10.2 Å².